The highest BCUT2D eigenvalue weighted by Crippen LogP contribution is 2.26. The van der Waals surface area contributed by atoms with E-state index in [1.807, 2.05) is 37.3 Å². The summed E-state index contributed by atoms with van der Waals surface area (Å²) in [5.74, 6) is -0.599. The topological polar surface area (TPSA) is 86.8 Å². The van der Waals surface area contributed by atoms with Gasteiger partial charge in [-0.05, 0) is 61.9 Å². The molecule has 1 aliphatic rings. The first-order chi connectivity index (χ1) is 17.1. The van der Waals surface area contributed by atoms with Gasteiger partial charge in [-0.2, -0.15) is 0 Å². The molecule has 7 nitrogen and oxygen atoms in total. The number of amides is 2. The van der Waals surface area contributed by atoms with Crippen LogP contribution in [0.3, 0.4) is 0 Å². The quantitative estimate of drug-likeness (QED) is 0.466. The van der Waals surface area contributed by atoms with Gasteiger partial charge in [0, 0.05) is 17.6 Å². The predicted octanol–water partition coefficient (Wildman–Crippen LogP) is 4.32. The van der Waals surface area contributed by atoms with E-state index >= 15 is 0 Å². The van der Waals surface area contributed by atoms with E-state index in [1.165, 1.54) is 0 Å². The number of sulfonamides is 1. The Hall–Kier alpha value is -2.58. The van der Waals surface area contributed by atoms with E-state index in [1.54, 1.807) is 30.0 Å². The molecule has 2 aromatic rings. The van der Waals surface area contributed by atoms with E-state index in [9.17, 15) is 18.0 Å². The Morgan fingerprint density at radius 1 is 1.11 bits per heavy atom. The second kappa shape index (κ2) is 12.6. The molecule has 196 valence electrons. The Labute approximate surface area is 219 Å². The van der Waals surface area contributed by atoms with E-state index in [0.717, 1.165) is 41.8 Å². The number of nitrogens with one attached hydrogen (secondary N) is 1. The first-order valence-electron chi connectivity index (χ1n) is 12.5. The van der Waals surface area contributed by atoms with Crippen molar-refractivity contribution in [3.63, 3.8) is 0 Å². The second-order valence-corrected chi connectivity index (χ2v) is 11.8. The largest absolute Gasteiger partial charge is 0.352 e. The minimum Gasteiger partial charge on any atom is -0.352 e. The Morgan fingerprint density at radius 3 is 2.36 bits per heavy atom. The van der Waals surface area contributed by atoms with Gasteiger partial charge >= 0.3 is 0 Å². The van der Waals surface area contributed by atoms with Gasteiger partial charge in [0.2, 0.25) is 21.8 Å². The van der Waals surface area contributed by atoms with E-state index in [4.69, 9.17) is 11.6 Å². The molecule has 0 unspecified atom stereocenters. The summed E-state index contributed by atoms with van der Waals surface area (Å²) in [5.41, 5.74) is 2.07. The summed E-state index contributed by atoms with van der Waals surface area (Å²) in [4.78, 5) is 28.6. The van der Waals surface area contributed by atoms with Gasteiger partial charge in [0.05, 0.1) is 11.9 Å². The van der Waals surface area contributed by atoms with Gasteiger partial charge in [0.25, 0.3) is 0 Å². The van der Waals surface area contributed by atoms with Crippen molar-refractivity contribution in [3.8, 4) is 0 Å². The van der Waals surface area contributed by atoms with Gasteiger partial charge in [-0.25, -0.2) is 8.42 Å². The zero-order valence-corrected chi connectivity index (χ0v) is 22.8. The zero-order valence-electron chi connectivity index (χ0n) is 21.2. The normalized spacial score (nSPS) is 14.9. The molecule has 0 heterocycles. The van der Waals surface area contributed by atoms with E-state index in [2.05, 4.69) is 5.32 Å². The number of nitrogens with zero attached hydrogens (tertiary/aromatic N) is 2. The van der Waals surface area contributed by atoms with Crippen molar-refractivity contribution in [1.29, 1.82) is 0 Å². The van der Waals surface area contributed by atoms with Crippen LogP contribution in [-0.4, -0.2) is 56.6 Å². The molecule has 1 saturated carbocycles. The molecular formula is C27H36ClN3O4S. The Kier molecular flexibility index (Phi) is 9.79. The fourth-order valence-corrected chi connectivity index (χ4v) is 5.89. The Morgan fingerprint density at radius 2 is 1.78 bits per heavy atom. The third-order valence-electron chi connectivity index (χ3n) is 6.68. The molecule has 3 rings (SSSR count). The summed E-state index contributed by atoms with van der Waals surface area (Å²) in [6.07, 6.45) is 6.11. The minimum atomic E-state index is -3.78. The number of rotatable bonds is 11. The van der Waals surface area contributed by atoms with Gasteiger partial charge in [0.15, 0.2) is 0 Å². The lowest BCUT2D eigenvalue weighted by Crippen LogP contribution is -2.54. The number of hydrogen-bond acceptors (Lipinski definition) is 4. The van der Waals surface area contributed by atoms with Crippen molar-refractivity contribution in [2.24, 2.45) is 0 Å². The molecule has 0 spiro atoms. The molecule has 36 heavy (non-hydrogen) atoms. The molecule has 2 amide bonds. The monoisotopic (exact) mass is 533 g/mol. The maximum Gasteiger partial charge on any atom is 0.244 e. The minimum absolute atomic E-state index is 0.127. The van der Waals surface area contributed by atoms with Crippen molar-refractivity contribution in [2.75, 3.05) is 23.7 Å². The van der Waals surface area contributed by atoms with E-state index in [-0.39, 0.29) is 11.9 Å². The lowest BCUT2D eigenvalue weighted by atomic mass is 10.1. The van der Waals surface area contributed by atoms with Gasteiger partial charge in [-0.15, -0.1) is 0 Å². The third kappa shape index (κ3) is 7.46. The first-order valence-corrected chi connectivity index (χ1v) is 14.7. The molecule has 9 heteroatoms. The first kappa shape index (κ1) is 28.0. The Bertz CT molecular complexity index is 1150. The fourth-order valence-electron chi connectivity index (χ4n) is 4.76. The van der Waals surface area contributed by atoms with Crippen LogP contribution in [0.4, 0.5) is 5.69 Å². The average Bonchev–Trinajstić information content (AvgIpc) is 3.33. The van der Waals surface area contributed by atoms with Crippen LogP contribution in [-0.2, 0) is 26.0 Å². The van der Waals surface area contributed by atoms with E-state index in [0.29, 0.717) is 35.7 Å². The van der Waals surface area contributed by atoms with Crippen LogP contribution in [0.15, 0.2) is 48.5 Å². The van der Waals surface area contributed by atoms with Crippen molar-refractivity contribution in [2.45, 2.75) is 64.5 Å². The van der Waals surface area contributed by atoms with Gasteiger partial charge in [-0.1, -0.05) is 61.7 Å². The molecule has 0 radical (unpaired) electrons. The molecule has 1 atom stereocenters. The highest BCUT2D eigenvalue weighted by atomic mass is 35.5. The maximum absolute atomic E-state index is 13.7. The van der Waals surface area contributed by atoms with E-state index < -0.39 is 28.5 Å². The standard InChI is InChI=1S/C27H36ClN3O4S/c1-4-24(27(33)29-23-12-8-9-13-23)30(17-16-21-10-6-5-7-11-21)26(32)19-31(36(3,34)35)25-15-14-22(28)18-20(25)2/h5-7,10-11,14-15,18,23-24H,4,8-9,12-13,16-17,19H2,1-3H3,(H,29,33)/t24-/m1/s1. The summed E-state index contributed by atoms with van der Waals surface area (Å²) in [6.45, 7) is 3.53. The Balaban J connectivity index is 1.88. The number of carbonyl (C=O) groups is 2. The van der Waals surface area contributed by atoms with Gasteiger partial charge in [-0.3, -0.25) is 13.9 Å². The molecule has 1 aliphatic carbocycles. The summed E-state index contributed by atoms with van der Waals surface area (Å²) in [5, 5.41) is 3.60. The highest BCUT2D eigenvalue weighted by molar-refractivity contribution is 7.92. The number of anilines is 1. The number of benzene rings is 2. The molecular weight excluding hydrogens is 498 g/mol. The molecule has 1 fully saturated rings. The number of carbonyl (C=O) groups excluding carboxylic acids is 2. The van der Waals surface area contributed by atoms with Gasteiger partial charge < -0.3 is 10.2 Å². The lowest BCUT2D eigenvalue weighted by Gasteiger charge is -2.33. The molecule has 1 N–H and O–H groups in total. The van der Waals surface area contributed by atoms with Crippen molar-refractivity contribution < 1.29 is 18.0 Å². The maximum atomic E-state index is 13.7. The zero-order chi connectivity index (χ0) is 26.3. The number of halogens is 1. The summed E-state index contributed by atoms with van der Waals surface area (Å²) >= 11 is 6.07. The van der Waals surface area contributed by atoms with Crippen LogP contribution in [0.5, 0.6) is 0 Å². The summed E-state index contributed by atoms with van der Waals surface area (Å²) in [7, 11) is -3.78. The fraction of sp³-hybridized carbons (Fsp3) is 0.481. The van der Waals surface area contributed by atoms with Crippen LogP contribution < -0.4 is 9.62 Å². The smallest absolute Gasteiger partial charge is 0.244 e. The number of aryl methyl sites for hydroxylation is 1. The highest BCUT2D eigenvalue weighted by Gasteiger charge is 2.33. The lowest BCUT2D eigenvalue weighted by molar-refractivity contribution is -0.139. The van der Waals surface area contributed by atoms with Crippen molar-refractivity contribution in [3.05, 3.63) is 64.7 Å². The molecule has 0 bridgehead atoms. The second-order valence-electron chi connectivity index (χ2n) is 9.44. The summed E-state index contributed by atoms with van der Waals surface area (Å²) < 4.78 is 26.6. The van der Waals surface area contributed by atoms with Crippen LogP contribution in [0.2, 0.25) is 5.02 Å². The van der Waals surface area contributed by atoms with Crippen molar-refractivity contribution >= 4 is 39.1 Å². The predicted molar refractivity (Wildman–Crippen MR) is 145 cm³/mol. The molecule has 0 aliphatic heterocycles. The van der Waals surface area contributed by atoms with Crippen molar-refractivity contribution in [1.82, 2.24) is 10.2 Å². The van der Waals surface area contributed by atoms with Crippen LogP contribution in [0.1, 0.15) is 50.2 Å². The SMILES string of the molecule is CC[C@H](C(=O)NC1CCCC1)N(CCc1ccccc1)C(=O)CN(c1ccc(Cl)cc1C)S(C)(=O)=O. The summed E-state index contributed by atoms with van der Waals surface area (Å²) in [6, 6.07) is 14.0. The number of hydrogen-bond donors (Lipinski definition) is 1. The molecule has 0 aromatic heterocycles. The van der Waals surface area contributed by atoms with Crippen LogP contribution in [0.25, 0.3) is 0 Å². The molecule has 2 aromatic carbocycles. The molecule has 0 saturated heterocycles. The third-order valence-corrected chi connectivity index (χ3v) is 8.04. The van der Waals surface area contributed by atoms with Crippen LogP contribution >= 0.6 is 11.6 Å². The average molecular weight is 534 g/mol. The van der Waals surface area contributed by atoms with Crippen LogP contribution in [0, 0.1) is 6.92 Å². The van der Waals surface area contributed by atoms with Gasteiger partial charge in [0.1, 0.15) is 12.6 Å².